The fraction of sp³-hybridized carbons (Fsp3) is 0.333. The summed E-state index contributed by atoms with van der Waals surface area (Å²) < 4.78 is 7.58. The number of benzene rings is 1. The van der Waals surface area contributed by atoms with E-state index in [1.165, 1.54) is 5.56 Å². The molecule has 19 heavy (non-hydrogen) atoms. The first-order chi connectivity index (χ1) is 9.19. The van der Waals surface area contributed by atoms with Crippen LogP contribution in [0.15, 0.2) is 50.0 Å². The lowest BCUT2D eigenvalue weighted by Gasteiger charge is -2.16. The Morgan fingerprint density at radius 3 is 2.68 bits per heavy atom. The van der Waals surface area contributed by atoms with Crippen LogP contribution in [-0.4, -0.2) is 6.54 Å². The van der Waals surface area contributed by atoms with E-state index in [2.05, 4.69) is 62.3 Å². The van der Waals surface area contributed by atoms with E-state index < -0.39 is 0 Å². The van der Waals surface area contributed by atoms with Gasteiger partial charge < -0.3 is 9.73 Å². The van der Waals surface area contributed by atoms with Gasteiger partial charge in [0.1, 0.15) is 5.76 Å². The van der Waals surface area contributed by atoms with Crippen molar-refractivity contribution in [3.8, 4) is 0 Å². The van der Waals surface area contributed by atoms with Crippen molar-refractivity contribution in [2.45, 2.75) is 25.8 Å². The molecule has 0 aliphatic heterocycles. The Labute approximate surface area is 130 Å². The average Bonchev–Trinajstić information content (AvgIpc) is 2.81. The van der Waals surface area contributed by atoms with E-state index in [1.807, 2.05) is 18.2 Å². The zero-order valence-electron chi connectivity index (χ0n) is 10.8. The summed E-state index contributed by atoms with van der Waals surface area (Å²) in [6, 6.07) is 12.6. The van der Waals surface area contributed by atoms with E-state index in [-0.39, 0.29) is 6.04 Å². The minimum absolute atomic E-state index is 0.209. The van der Waals surface area contributed by atoms with Crippen LogP contribution < -0.4 is 5.32 Å². The van der Waals surface area contributed by atoms with Gasteiger partial charge in [0.05, 0.1) is 6.04 Å². The molecule has 0 aliphatic rings. The first kappa shape index (κ1) is 14.8. The summed E-state index contributed by atoms with van der Waals surface area (Å²) >= 11 is 6.88. The van der Waals surface area contributed by atoms with Crippen LogP contribution in [0.2, 0.25) is 0 Å². The summed E-state index contributed by atoms with van der Waals surface area (Å²) in [6.07, 6.45) is 2.02. The molecule has 2 nitrogen and oxygen atoms in total. The van der Waals surface area contributed by atoms with Crippen molar-refractivity contribution in [3.05, 3.63) is 56.9 Å². The van der Waals surface area contributed by atoms with Gasteiger partial charge in [-0.2, -0.15) is 0 Å². The van der Waals surface area contributed by atoms with Gasteiger partial charge in [-0.05, 0) is 65.1 Å². The lowest BCUT2D eigenvalue weighted by atomic mass is 10.0. The van der Waals surface area contributed by atoms with Crippen LogP contribution in [-0.2, 0) is 6.42 Å². The molecule has 0 saturated heterocycles. The predicted octanol–water partition coefficient (Wildman–Crippen LogP) is 5.09. The van der Waals surface area contributed by atoms with E-state index in [9.17, 15) is 0 Å². The molecule has 0 saturated carbocycles. The lowest BCUT2D eigenvalue weighted by Crippen LogP contribution is -2.23. The molecule has 0 spiro atoms. The Bertz CT molecular complexity index is 524. The molecule has 1 aromatic heterocycles. The molecule has 1 unspecified atom stereocenters. The van der Waals surface area contributed by atoms with Gasteiger partial charge in [0.2, 0.25) is 0 Å². The van der Waals surface area contributed by atoms with Gasteiger partial charge in [-0.25, -0.2) is 0 Å². The van der Waals surface area contributed by atoms with Crippen molar-refractivity contribution >= 4 is 31.9 Å². The summed E-state index contributed by atoms with van der Waals surface area (Å²) in [7, 11) is 0. The lowest BCUT2D eigenvalue weighted by molar-refractivity contribution is 0.400. The smallest absolute Gasteiger partial charge is 0.169 e. The highest BCUT2D eigenvalue weighted by atomic mass is 79.9. The fourth-order valence-corrected chi connectivity index (χ4v) is 2.77. The van der Waals surface area contributed by atoms with Crippen molar-refractivity contribution in [2.75, 3.05) is 6.54 Å². The molecule has 4 heteroatoms. The second-order valence-electron chi connectivity index (χ2n) is 4.48. The second kappa shape index (κ2) is 7.27. The van der Waals surface area contributed by atoms with Crippen molar-refractivity contribution in [1.82, 2.24) is 5.32 Å². The third-order valence-corrected chi connectivity index (χ3v) is 3.83. The van der Waals surface area contributed by atoms with Crippen LogP contribution in [0.3, 0.4) is 0 Å². The maximum absolute atomic E-state index is 5.69. The summed E-state index contributed by atoms with van der Waals surface area (Å²) in [5.41, 5.74) is 1.29. The van der Waals surface area contributed by atoms with Crippen molar-refractivity contribution in [1.29, 1.82) is 0 Å². The average molecular weight is 387 g/mol. The molecule has 0 bridgehead atoms. The molecule has 2 aromatic rings. The van der Waals surface area contributed by atoms with Crippen LogP contribution in [0.25, 0.3) is 0 Å². The van der Waals surface area contributed by atoms with E-state index >= 15 is 0 Å². The number of furan rings is 1. The molecule has 0 aliphatic carbocycles. The zero-order chi connectivity index (χ0) is 13.7. The normalized spacial score (nSPS) is 12.6. The van der Waals surface area contributed by atoms with E-state index in [0.29, 0.717) is 0 Å². The molecule has 1 heterocycles. The van der Waals surface area contributed by atoms with Gasteiger partial charge in [-0.3, -0.25) is 0 Å². The monoisotopic (exact) mass is 385 g/mol. The largest absolute Gasteiger partial charge is 0.453 e. The molecule has 102 valence electrons. The summed E-state index contributed by atoms with van der Waals surface area (Å²) in [6.45, 7) is 3.15. The number of nitrogens with one attached hydrogen (secondary N) is 1. The van der Waals surface area contributed by atoms with Gasteiger partial charge in [0, 0.05) is 4.47 Å². The van der Waals surface area contributed by atoms with E-state index in [0.717, 1.165) is 34.3 Å². The summed E-state index contributed by atoms with van der Waals surface area (Å²) in [5, 5.41) is 3.54. The van der Waals surface area contributed by atoms with Crippen LogP contribution in [0.1, 0.15) is 30.7 Å². The van der Waals surface area contributed by atoms with Gasteiger partial charge in [-0.15, -0.1) is 0 Å². The summed E-state index contributed by atoms with van der Waals surface area (Å²) in [4.78, 5) is 0. The minimum atomic E-state index is 0.209. The molecule has 0 radical (unpaired) electrons. The fourth-order valence-electron chi connectivity index (χ4n) is 2.01. The number of rotatable bonds is 6. The Balaban J connectivity index is 2.13. The van der Waals surface area contributed by atoms with Crippen molar-refractivity contribution in [3.63, 3.8) is 0 Å². The van der Waals surface area contributed by atoms with Crippen molar-refractivity contribution in [2.24, 2.45) is 0 Å². The molecule has 0 fully saturated rings. The number of hydrogen-bond donors (Lipinski definition) is 1. The first-order valence-corrected chi connectivity index (χ1v) is 8.00. The van der Waals surface area contributed by atoms with E-state index in [1.54, 1.807) is 0 Å². The topological polar surface area (TPSA) is 25.2 Å². The molecule has 1 N–H and O–H groups in total. The Morgan fingerprint density at radius 2 is 2.05 bits per heavy atom. The van der Waals surface area contributed by atoms with Crippen molar-refractivity contribution < 1.29 is 4.42 Å². The first-order valence-electron chi connectivity index (χ1n) is 6.42. The van der Waals surface area contributed by atoms with Gasteiger partial charge >= 0.3 is 0 Å². The Hall–Kier alpha value is -0.580. The van der Waals surface area contributed by atoms with Crippen LogP contribution in [0.5, 0.6) is 0 Å². The zero-order valence-corrected chi connectivity index (χ0v) is 14.0. The van der Waals surface area contributed by atoms with Crippen LogP contribution >= 0.6 is 31.9 Å². The van der Waals surface area contributed by atoms with Crippen LogP contribution in [0.4, 0.5) is 0 Å². The Morgan fingerprint density at radius 1 is 1.21 bits per heavy atom. The third-order valence-electron chi connectivity index (χ3n) is 2.91. The molecular formula is C15H17Br2NO. The molecular weight excluding hydrogens is 370 g/mol. The molecule has 0 amide bonds. The van der Waals surface area contributed by atoms with Crippen LogP contribution in [0, 0.1) is 0 Å². The minimum Gasteiger partial charge on any atom is -0.453 e. The summed E-state index contributed by atoms with van der Waals surface area (Å²) in [5.74, 6) is 0.973. The third kappa shape index (κ3) is 4.48. The highest BCUT2D eigenvalue weighted by molar-refractivity contribution is 9.10. The van der Waals surface area contributed by atoms with E-state index in [4.69, 9.17) is 4.42 Å². The highest BCUT2D eigenvalue weighted by Crippen LogP contribution is 2.24. The quantitative estimate of drug-likeness (QED) is 0.747. The molecule has 2 rings (SSSR count). The van der Waals surface area contributed by atoms with Gasteiger partial charge in [0.25, 0.3) is 0 Å². The van der Waals surface area contributed by atoms with Gasteiger partial charge in [-0.1, -0.05) is 35.0 Å². The maximum Gasteiger partial charge on any atom is 0.169 e. The molecule has 1 aromatic carbocycles. The maximum atomic E-state index is 5.69. The highest BCUT2D eigenvalue weighted by Gasteiger charge is 2.15. The molecule has 1 atom stereocenters. The Kier molecular flexibility index (Phi) is 5.67. The number of halogens is 2. The second-order valence-corrected chi connectivity index (χ2v) is 6.18. The standard InChI is InChI=1S/C15H17Br2NO/c1-2-8-18-13(14-6-7-15(17)19-14)10-11-4-3-5-12(16)9-11/h3-7,9,13,18H,2,8,10H2,1H3. The SMILES string of the molecule is CCCNC(Cc1cccc(Br)c1)c1ccc(Br)o1. The van der Waals surface area contributed by atoms with Gasteiger partial charge in [0.15, 0.2) is 4.67 Å². The predicted molar refractivity (Wildman–Crippen MR) is 85.3 cm³/mol. The number of hydrogen-bond acceptors (Lipinski definition) is 2.